The summed E-state index contributed by atoms with van der Waals surface area (Å²) in [7, 11) is 0. The molecule has 0 aromatic rings. The van der Waals surface area contributed by atoms with Crippen LogP contribution in [0.4, 0.5) is 0 Å². The second kappa shape index (κ2) is 9.01. The molecule has 0 aliphatic rings. The number of nitrogens with zero attached hydrogens (tertiary/aromatic N) is 1. The van der Waals surface area contributed by atoms with Crippen LogP contribution in [0.25, 0.3) is 0 Å². The van der Waals surface area contributed by atoms with Gasteiger partial charge in [0.25, 0.3) is 0 Å². The molecule has 12 heavy (non-hydrogen) atoms. The quantitative estimate of drug-likeness (QED) is 0.374. The Labute approximate surface area is 79.7 Å². The Morgan fingerprint density at radius 2 is 2.25 bits per heavy atom. The van der Waals surface area contributed by atoms with Gasteiger partial charge in [0.05, 0.1) is 18.5 Å². The molecule has 0 spiro atoms. The van der Waals surface area contributed by atoms with Crippen LogP contribution in [0.1, 0.15) is 32.6 Å². The molecule has 2 nitrogen and oxygen atoms in total. The fraction of sp³-hybridized carbons (Fsp3) is 0.889. The Morgan fingerprint density at radius 3 is 2.83 bits per heavy atom. The van der Waals surface area contributed by atoms with Gasteiger partial charge in [0, 0.05) is 0 Å². The van der Waals surface area contributed by atoms with Crippen LogP contribution in [0.5, 0.6) is 0 Å². The van der Waals surface area contributed by atoms with Gasteiger partial charge in [0.15, 0.2) is 0 Å². The molecule has 0 radical (unpaired) electrons. The highest BCUT2D eigenvalue weighted by atomic mass is 35.5. The van der Waals surface area contributed by atoms with Gasteiger partial charge in [0.1, 0.15) is 0 Å². The predicted octanol–water partition coefficient (Wildman–Crippen LogP) is 2.24. The van der Waals surface area contributed by atoms with Gasteiger partial charge in [-0.25, -0.2) is 0 Å². The largest absolute Gasteiger partial charge is 0.390 e. The van der Waals surface area contributed by atoms with Crippen molar-refractivity contribution in [1.29, 1.82) is 0 Å². The van der Waals surface area contributed by atoms with Crippen molar-refractivity contribution in [2.75, 3.05) is 12.4 Å². The van der Waals surface area contributed by atoms with E-state index in [-0.39, 0.29) is 5.88 Å². The lowest BCUT2D eigenvalue weighted by molar-refractivity contribution is 0.207. The zero-order valence-corrected chi connectivity index (χ0v) is 8.43. The van der Waals surface area contributed by atoms with Crippen LogP contribution in [0.3, 0.4) is 0 Å². The number of hydrogen-bond acceptors (Lipinski definition) is 2. The summed E-state index contributed by atoms with van der Waals surface area (Å²) in [4.78, 5) is 4.05. The normalized spacial score (nSPS) is 13.9. The van der Waals surface area contributed by atoms with Gasteiger partial charge in [-0.15, -0.1) is 11.6 Å². The Bertz CT molecular complexity index is 117. The van der Waals surface area contributed by atoms with Gasteiger partial charge >= 0.3 is 0 Å². The predicted molar refractivity (Wildman–Crippen MR) is 54.2 cm³/mol. The van der Waals surface area contributed by atoms with Crippen molar-refractivity contribution in [3.63, 3.8) is 0 Å². The van der Waals surface area contributed by atoms with Gasteiger partial charge in [-0.2, -0.15) is 0 Å². The van der Waals surface area contributed by atoms with Crippen molar-refractivity contribution in [2.24, 2.45) is 4.99 Å². The molecule has 0 saturated carbocycles. The first kappa shape index (κ1) is 11.9. The van der Waals surface area contributed by atoms with Gasteiger partial charge < -0.3 is 5.11 Å². The van der Waals surface area contributed by atoms with E-state index in [1.807, 2.05) is 6.21 Å². The lowest BCUT2D eigenvalue weighted by Crippen LogP contribution is -2.12. The number of aliphatic hydroxyl groups excluding tert-OH is 1. The van der Waals surface area contributed by atoms with E-state index in [4.69, 9.17) is 16.7 Å². The number of halogens is 1. The second-order valence-corrected chi connectivity index (χ2v) is 3.16. The van der Waals surface area contributed by atoms with E-state index in [0.29, 0.717) is 6.54 Å². The Morgan fingerprint density at radius 1 is 1.50 bits per heavy atom. The van der Waals surface area contributed by atoms with Crippen LogP contribution >= 0.6 is 11.6 Å². The minimum absolute atomic E-state index is 0.270. The molecule has 0 saturated heterocycles. The zero-order chi connectivity index (χ0) is 9.23. The highest BCUT2D eigenvalue weighted by Crippen LogP contribution is 1.96. The first-order chi connectivity index (χ1) is 5.81. The number of aliphatic hydroxyl groups is 1. The van der Waals surface area contributed by atoms with Gasteiger partial charge in [-0.3, -0.25) is 4.99 Å². The fourth-order valence-corrected chi connectivity index (χ4v) is 0.920. The lowest BCUT2D eigenvalue weighted by Gasteiger charge is -1.99. The SMILES string of the molecule is CCCCC/C=N/CC(O)CCl. The average molecular weight is 192 g/mol. The van der Waals surface area contributed by atoms with Crippen LogP contribution in [0.2, 0.25) is 0 Å². The Hall–Kier alpha value is -0.0800. The van der Waals surface area contributed by atoms with Crippen LogP contribution in [-0.4, -0.2) is 29.8 Å². The maximum absolute atomic E-state index is 9.01. The third-order valence-electron chi connectivity index (χ3n) is 1.56. The van der Waals surface area contributed by atoms with Crippen molar-refractivity contribution < 1.29 is 5.11 Å². The molecule has 1 atom stereocenters. The number of unbranched alkanes of at least 4 members (excludes halogenated alkanes) is 3. The van der Waals surface area contributed by atoms with E-state index < -0.39 is 6.10 Å². The summed E-state index contributed by atoms with van der Waals surface area (Å²) in [6.45, 7) is 2.62. The van der Waals surface area contributed by atoms with E-state index in [1.165, 1.54) is 19.3 Å². The number of aliphatic imine (C=N–C) groups is 1. The molecule has 1 unspecified atom stereocenters. The number of rotatable bonds is 7. The van der Waals surface area contributed by atoms with E-state index in [2.05, 4.69) is 11.9 Å². The van der Waals surface area contributed by atoms with Crippen molar-refractivity contribution in [2.45, 2.75) is 38.7 Å². The minimum atomic E-state index is -0.478. The van der Waals surface area contributed by atoms with E-state index >= 15 is 0 Å². The molecular weight excluding hydrogens is 174 g/mol. The second-order valence-electron chi connectivity index (χ2n) is 2.85. The molecule has 0 amide bonds. The lowest BCUT2D eigenvalue weighted by atomic mass is 10.2. The summed E-state index contributed by atoms with van der Waals surface area (Å²) in [6, 6.07) is 0. The monoisotopic (exact) mass is 191 g/mol. The maximum atomic E-state index is 9.01. The smallest absolute Gasteiger partial charge is 0.0870 e. The van der Waals surface area contributed by atoms with Gasteiger partial charge in [-0.05, 0) is 19.1 Å². The number of alkyl halides is 1. The molecule has 0 aromatic heterocycles. The van der Waals surface area contributed by atoms with Gasteiger partial charge in [0.2, 0.25) is 0 Å². The summed E-state index contributed by atoms with van der Waals surface area (Å²) in [5, 5.41) is 9.01. The maximum Gasteiger partial charge on any atom is 0.0870 e. The third-order valence-corrected chi connectivity index (χ3v) is 1.92. The molecule has 3 heteroatoms. The molecular formula is C9H18ClNO. The molecule has 0 aromatic carbocycles. The molecule has 0 aliphatic carbocycles. The van der Waals surface area contributed by atoms with Crippen LogP contribution in [-0.2, 0) is 0 Å². The van der Waals surface area contributed by atoms with E-state index in [9.17, 15) is 0 Å². The summed E-state index contributed by atoms with van der Waals surface area (Å²) < 4.78 is 0. The minimum Gasteiger partial charge on any atom is -0.390 e. The van der Waals surface area contributed by atoms with Crippen LogP contribution in [0.15, 0.2) is 4.99 Å². The van der Waals surface area contributed by atoms with Crippen molar-refractivity contribution in [3.05, 3.63) is 0 Å². The third kappa shape index (κ3) is 8.02. The molecule has 1 N–H and O–H groups in total. The topological polar surface area (TPSA) is 32.6 Å². The van der Waals surface area contributed by atoms with Crippen molar-refractivity contribution in [3.8, 4) is 0 Å². The summed E-state index contributed by atoms with van der Waals surface area (Å²) in [6.07, 6.45) is 6.10. The summed E-state index contributed by atoms with van der Waals surface area (Å²) >= 11 is 5.39. The Balaban J connectivity index is 3.13. The molecule has 0 heterocycles. The average Bonchev–Trinajstić information content (AvgIpc) is 2.10. The molecule has 0 rings (SSSR count). The standard InChI is InChI=1S/C9H18ClNO/c1-2-3-4-5-6-11-8-9(12)7-10/h6,9,12H,2-5,7-8H2,1H3/b11-6+. The highest BCUT2D eigenvalue weighted by molar-refractivity contribution is 6.18. The van der Waals surface area contributed by atoms with Crippen LogP contribution < -0.4 is 0 Å². The van der Waals surface area contributed by atoms with Crippen molar-refractivity contribution >= 4 is 17.8 Å². The Kier molecular flexibility index (Phi) is 8.95. The summed E-state index contributed by atoms with van der Waals surface area (Å²) in [5.41, 5.74) is 0. The zero-order valence-electron chi connectivity index (χ0n) is 7.67. The fourth-order valence-electron chi connectivity index (χ4n) is 0.822. The molecule has 0 aliphatic heterocycles. The van der Waals surface area contributed by atoms with Crippen molar-refractivity contribution in [1.82, 2.24) is 0 Å². The number of hydrogen-bond donors (Lipinski definition) is 1. The van der Waals surface area contributed by atoms with Crippen LogP contribution in [0, 0.1) is 0 Å². The first-order valence-electron chi connectivity index (χ1n) is 4.53. The first-order valence-corrected chi connectivity index (χ1v) is 5.07. The highest BCUT2D eigenvalue weighted by Gasteiger charge is 1.96. The molecule has 72 valence electrons. The molecule has 0 bridgehead atoms. The molecule has 0 fully saturated rings. The van der Waals surface area contributed by atoms with E-state index in [0.717, 1.165) is 6.42 Å². The summed E-state index contributed by atoms with van der Waals surface area (Å²) in [5.74, 6) is 0.270. The van der Waals surface area contributed by atoms with Gasteiger partial charge in [-0.1, -0.05) is 19.8 Å². The van der Waals surface area contributed by atoms with E-state index in [1.54, 1.807) is 0 Å².